The topological polar surface area (TPSA) is 51.0 Å². The lowest BCUT2D eigenvalue weighted by Crippen LogP contribution is -2.16. The third-order valence-electron chi connectivity index (χ3n) is 2.02. The Labute approximate surface area is 106 Å². The minimum atomic E-state index is 0.610. The van der Waals surface area contributed by atoms with Crippen LogP contribution in [-0.4, -0.2) is 16.7 Å². The number of nitrogens with one attached hydrogen (secondary N) is 1. The van der Waals surface area contributed by atoms with Crippen LogP contribution in [0.15, 0.2) is 20.3 Å². The second-order valence-corrected chi connectivity index (χ2v) is 5.89. The molecule has 2 aromatic rings. The largest absolute Gasteiger partial charge is 0.424 e. The summed E-state index contributed by atoms with van der Waals surface area (Å²) >= 11 is 5.21. The molecule has 2 rings (SSSR count). The van der Waals surface area contributed by atoms with E-state index in [2.05, 4.69) is 43.6 Å². The van der Waals surface area contributed by atoms with Crippen molar-refractivity contribution in [3.05, 3.63) is 32.6 Å². The van der Waals surface area contributed by atoms with Gasteiger partial charge < -0.3 is 9.73 Å². The fraction of sp³-hybridized carbons (Fsp3) is 0.400. The van der Waals surface area contributed by atoms with Gasteiger partial charge in [-0.2, -0.15) is 0 Å². The summed E-state index contributed by atoms with van der Waals surface area (Å²) < 4.78 is 6.43. The van der Waals surface area contributed by atoms with Gasteiger partial charge >= 0.3 is 0 Å². The van der Waals surface area contributed by atoms with Crippen molar-refractivity contribution in [1.82, 2.24) is 15.5 Å². The standard InChI is InChI=1S/C10H12BrN3OS/c1-7-13-14-10(15-7)6-12-5-4-8-2-3-9(11)16-8/h2-3,12H,4-6H2,1H3. The van der Waals surface area contributed by atoms with Crippen molar-refractivity contribution < 1.29 is 4.42 Å². The molecule has 1 N–H and O–H groups in total. The zero-order chi connectivity index (χ0) is 11.4. The molecule has 16 heavy (non-hydrogen) atoms. The second kappa shape index (κ2) is 5.56. The molecule has 6 heteroatoms. The quantitative estimate of drug-likeness (QED) is 0.862. The molecule has 0 atom stereocenters. The molecule has 86 valence electrons. The summed E-state index contributed by atoms with van der Waals surface area (Å²) in [6.45, 7) is 3.33. The van der Waals surface area contributed by atoms with E-state index in [1.54, 1.807) is 18.3 Å². The van der Waals surface area contributed by atoms with Gasteiger partial charge in [-0.1, -0.05) is 0 Å². The highest BCUT2D eigenvalue weighted by Gasteiger charge is 2.01. The van der Waals surface area contributed by atoms with Gasteiger partial charge in [-0.05, 0) is 34.5 Å². The van der Waals surface area contributed by atoms with Crippen molar-refractivity contribution in [2.24, 2.45) is 0 Å². The van der Waals surface area contributed by atoms with Gasteiger partial charge in [0.05, 0.1) is 10.3 Å². The predicted octanol–water partition coefficient (Wildman–Crippen LogP) is 2.53. The molecular formula is C10H12BrN3OS. The van der Waals surface area contributed by atoms with Gasteiger partial charge in [-0.3, -0.25) is 0 Å². The second-order valence-electron chi connectivity index (χ2n) is 3.35. The van der Waals surface area contributed by atoms with Gasteiger partial charge in [0.2, 0.25) is 11.8 Å². The van der Waals surface area contributed by atoms with Gasteiger partial charge in [-0.25, -0.2) is 0 Å². The summed E-state index contributed by atoms with van der Waals surface area (Å²) in [6.07, 6.45) is 1.02. The van der Waals surface area contributed by atoms with E-state index < -0.39 is 0 Å². The summed E-state index contributed by atoms with van der Waals surface area (Å²) in [5, 5.41) is 10.9. The SMILES string of the molecule is Cc1nnc(CNCCc2ccc(Br)s2)o1. The molecule has 0 fully saturated rings. The number of halogens is 1. The Kier molecular flexibility index (Phi) is 4.09. The number of aromatic nitrogens is 2. The number of aryl methyl sites for hydroxylation is 1. The minimum Gasteiger partial charge on any atom is -0.424 e. The Morgan fingerprint density at radius 1 is 1.44 bits per heavy atom. The van der Waals surface area contributed by atoms with E-state index in [9.17, 15) is 0 Å². The van der Waals surface area contributed by atoms with E-state index in [0.717, 1.165) is 13.0 Å². The maximum absolute atomic E-state index is 5.25. The lowest BCUT2D eigenvalue weighted by molar-refractivity contribution is 0.448. The summed E-state index contributed by atoms with van der Waals surface area (Å²) in [7, 11) is 0. The van der Waals surface area contributed by atoms with Crippen LogP contribution in [0.4, 0.5) is 0 Å². The van der Waals surface area contributed by atoms with E-state index in [-0.39, 0.29) is 0 Å². The van der Waals surface area contributed by atoms with Crippen LogP contribution in [0.2, 0.25) is 0 Å². The van der Waals surface area contributed by atoms with E-state index in [0.29, 0.717) is 18.3 Å². The van der Waals surface area contributed by atoms with E-state index in [1.165, 1.54) is 8.66 Å². The smallest absolute Gasteiger partial charge is 0.230 e. The van der Waals surface area contributed by atoms with Gasteiger partial charge in [0.1, 0.15) is 0 Å². The highest BCUT2D eigenvalue weighted by molar-refractivity contribution is 9.11. The maximum Gasteiger partial charge on any atom is 0.230 e. The monoisotopic (exact) mass is 301 g/mol. The molecule has 0 spiro atoms. The van der Waals surface area contributed by atoms with Crippen LogP contribution >= 0.6 is 27.3 Å². The van der Waals surface area contributed by atoms with Crippen LogP contribution < -0.4 is 5.32 Å². The molecular weight excluding hydrogens is 290 g/mol. The Morgan fingerprint density at radius 3 is 2.94 bits per heavy atom. The van der Waals surface area contributed by atoms with Crippen LogP contribution in [0.25, 0.3) is 0 Å². The fourth-order valence-corrected chi connectivity index (χ4v) is 2.78. The van der Waals surface area contributed by atoms with Crippen molar-refractivity contribution in [3.63, 3.8) is 0 Å². The highest BCUT2D eigenvalue weighted by atomic mass is 79.9. The van der Waals surface area contributed by atoms with Gasteiger partial charge in [0.25, 0.3) is 0 Å². The molecule has 0 aliphatic rings. The van der Waals surface area contributed by atoms with Crippen LogP contribution in [0, 0.1) is 6.92 Å². The molecule has 0 radical (unpaired) electrons. The van der Waals surface area contributed by atoms with Crippen LogP contribution in [0.3, 0.4) is 0 Å². The fourth-order valence-electron chi connectivity index (χ4n) is 1.30. The molecule has 0 aliphatic heterocycles. The Balaban J connectivity index is 1.69. The van der Waals surface area contributed by atoms with Crippen molar-refractivity contribution >= 4 is 27.3 Å². The Hall–Kier alpha value is -0.720. The first-order valence-electron chi connectivity index (χ1n) is 4.98. The maximum atomic E-state index is 5.25. The zero-order valence-corrected chi connectivity index (χ0v) is 11.3. The molecule has 0 bridgehead atoms. The molecule has 2 heterocycles. The predicted molar refractivity (Wildman–Crippen MR) is 66.5 cm³/mol. The first-order valence-corrected chi connectivity index (χ1v) is 6.59. The van der Waals surface area contributed by atoms with Gasteiger partial charge in [0, 0.05) is 18.3 Å². The van der Waals surface area contributed by atoms with Crippen molar-refractivity contribution in [2.75, 3.05) is 6.54 Å². The number of hydrogen-bond acceptors (Lipinski definition) is 5. The van der Waals surface area contributed by atoms with Crippen molar-refractivity contribution in [3.8, 4) is 0 Å². The normalized spacial score (nSPS) is 10.9. The molecule has 0 saturated carbocycles. The molecule has 0 aliphatic carbocycles. The summed E-state index contributed by atoms with van der Waals surface area (Å²) in [5.74, 6) is 1.25. The third kappa shape index (κ3) is 3.40. The number of thiophene rings is 1. The molecule has 0 aromatic carbocycles. The lowest BCUT2D eigenvalue weighted by atomic mass is 10.3. The third-order valence-corrected chi connectivity index (χ3v) is 3.70. The summed E-state index contributed by atoms with van der Waals surface area (Å²) in [5.41, 5.74) is 0. The molecule has 0 unspecified atom stereocenters. The Bertz CT molecular complexity index is 412. The number of nitrogens with zero attached hydrogens (tertiary/aromatic N) is 2. The summed E-state index contributed by atoms with van der Waals surface area (Å²) in [6, 6.07) is 4.20. The minimum absolute atomic E-state index is 0.610. The molecule has 0 saturated heterocycles. The first kappa shape index (κ1) is 11.8. The zero-order valence-electron chi connectivity index (χ0n) is 8.86. The van der Waals surface area contributed by atoms with Crippen LogP contribution in [0.5, 0.6) is 0 Å². The summed E-state index contributed by atoms with van der Waals surface area (Å²) in [4.78, 5) is 1.36. The molecule has 2 aromatic heterocycles. The number of rotatable bonds is 5. The highest BCUT2D eigenvalue weighted by Crippen LogP contribution is 2.21. The van der Waals surface area contributed by atoms with E-state index >= 15 is 0 Å². The van der Waals surface area contributed by atoms with Gasteiger partial charge in [-0.15, -0.1) is 21.5 Å². The average molecular weight is 302 g/mol. The van der Waals surface area contributed by atoms with Crippen molar-refractivity contribution in [2.45, 2.75) is 19.9 Å². The number of hydrogen-bond donors (Lipinski definition) is 1. The Morgan fingerprint density at radius 2 is 2.31 bits per heavy atom. The van der Waals surface area contributed by atoms with Crippen molar-refractivity contribution in [1.29, 1.82) is 0 Å². The average Bonchev–Trinajstić information content (AvgIpc) is 2.83. The van der Waals surface area contributed by atoms with Gasteiger partial charge in [0.15, 0.2) is 0 Å². The molecule has 4 nitrogen and oxygen atoms in total. The van der Waals surface area contributed by atoms with Crippen LogP contribution in [-0.2, 0) is 13.0 Å². The van der Waals surface area contributed by atoms with E-state index in [1.807, 2.05) is 0 Å². The van der Waals surface area contributed by atoms with E-state index in [4.69, 9.17) is 4.42 Å². The first-order chi connectivity index (χ1) is 7.74. The van der Waals surface area contributed by atoms with Crippen LogP contribution in [0.1, 0.15) is 16.7 Å². The molecule has 0 amide bonds. The lowest BCUT2D eigenvalue weighted by Gasteiger charge is -1.99.